The summed E-state index contributed by atoms with van der Waals surface area (Å²) in [5.74, 6) is 0.718. The van der Waals surface area contributed by atoms with E-state index in [9.17, 15) is 9.59 Å². The van der Waals surface area contributed by atoms with E-state index in [2.05, 4.69) is 20.9 Å². The number of hydrogen-bond acceptors (Lipinski definition) is 6. The second-order valence-electron chi connectivity index (χ2n) is 8.09. The molecule has 1 aromatic heterocycles. The topological polar surface area (TPSA) is 68.7 Å². The van der Waals surface area contributed by atoms with Crippen molar-refractivity contribution in [1.29, 1.82) is 0 Å². The van der Waals surface area contributed by atoms with Gasteiger partial charge in [0.15, 0.2) is 11.5 Å². The minimum atomic E-state index is -0.316. The number of carbonyl (C=O) groups excluding carboxylic acids is 2. The molecule has 4 aromatic rings. The fourth-order valence-electron chi connectivity index (χ4n) is 3.90. The fraction of sp³-hybridized carbons (Fsp3) is 0.107. The summed E-state index contributed by atoms with van der Waals surface area (Å²) in [6.45, 7) is 0.503. The van der Waals surface area contributed by atoms with Crippen molar-refractivity contribution >= 4 is 55.7 Å². The Morgan fingerprint density at radius 2 is 1.81 bits per heavy atom. The minimum absolute atomic E-state index is 0.222. The van der Waals surface area contributed by atoms with Crippen molar-refractivity contribution in [2.24, 2.45) is 0 Å². The van der Waals surface area contributed by atoms with E-state index >= 15 is 0 Å². The number of methoxy groups -OCH3 is 1. The van der Waals surface area contributed by atoms with Crippen molar-refractivity contribution in [2.45, 2.75) is 13.2 Å². The van der Waals surface area contributed by atoms with Crippen LogP contribution in [0.3, 0.4) is 0 Å². The van der Waals surface area contributed by atoms with Gasteiger partial charge in [0.25, 0.3) is 11.1 Å². The number of pyridine rings is 1. The lowest BCUT2D eigenvalue weighted by atomic mass is 10.1. The number of halogens is 1. The molecule has 36 heavy (non-hydrogen) atoms. The van der Waals surface area contributed by atoms with E-state index in [0.29, 0.717) is 26.4 Å². The second-order valence-corrected chi connectivity index (χ2v) is 9.94. The molecule has 0 N–H and O–H groups in total. The molecule has 0 saturated carbocycles. The Labute approximate surface area is 221 Å². The number of fused-ring (bicyclic) bond motifs is 1. The molecule has 5 rings (SSSR count). The number of carbonyl (C=O) groups is 2. The van der Waals surface area contributed by atoms with Crippen LogP contribution in [-0.2, 0) is 17.9 Å². The Hall–Kier alpha value is -3.62. The fourth-order valence-corrected chi connectivity index (χ4v) is 5.31. The first-order chi connectivity index (χ1) is 17.5. The molecule has 8 heteroatoms. The van der Waals surface area contributed by atoms with E-state index in [1.54, 1.807) is 25.4 Å². The lowest BCUT2D eigenvalue weighted by Crippen LogP contribution is -2.27. The van der Waals surface area contributed by atoms with Gasteiger partial charge in [-0.15, -0.1) is 0 Å². The zero-order chi connectivity index (χ0) is 25.1. The SMILES string of the molecule is COc1cc(/C=C2\SC(=O)N(Cc3ccc4ccccc4c3)C2=O)cc(Br)c1OCc1ccccn1. The first kappa shape index (κ1) is 24.1. The van der Waals surface area contributed by atoms with Gasteiger partial charge in [-0.25, -0.2) is 0 Å². The van der Waals surface area contributed by atoms with Crippen LogP contribution in [0.2, 0.25) is 0 Å². The van der Waals surface area contributed by atoms with E-state index in [1.165, 1.54) is 4.90 Å². The molecular formula is C28H21BrN2O4S. The van der Waals surface area contributed by atoms with Crippen LogP contribution in [-0.4, -0.2) is 28.1 Å². The Morgan fingerprint density at radius 3 is 2.58 bits per heavy atom. The number of hydrogen-bond donors (Lipinski definition) is 0. The van der Waals surface area contributed by atoms with Gasteiger partial charge >= 0.3 is 0 Å². The third kappa shape index (κ3) is 5.15. The molecular weight excluding hydrogens is 540 g/mol. The summed E-state index contributed by atoms with van der Waals surface area (Å²) in [6, 6.07) is 23.2. The van der Waals surface area contributed by atoms with Gasteiger partial charge in [-0.2, -0.15) is 0 Å². The first-order valence-electron chi connectivity index (χ1n) is 11.1. The summed E-state index contributed by atoms with van der Waals surface area (Å²) in [5.41, 5.74) is 2.40. The van der Waals surface area contributed by atoms with Gasteiger partial charge in [-0.1, -0.05) is 42.5 Å². The number of imide groups is 1. The van der Waals surface area contributed by atoms with Gasteiger partial charge in [-0.3, -0.25) is 19.5 Å². The summed E-state index contributed by atoms with van der Waals surface area (Å²) in [7, 11) is 1.55. The standard InChI is InChI=1S/C28H21BrN2O4S/c1-34-24-14-19(13-23(29)26(24)35-17-22-8-4-5-11-30-22)15-25-27(32)31(28(33)36-25)16-18-9-10-20-6-2-3-7-21(20)12-18/h2-15H,16-17H2,1H3/b25-15-. The molecule has 1 saturated heterocycles. The lowest BCUT2D eigenvalue weighted by molar-refractivity contribution is -0.123. The molecule has 2 amide bonds. The molecule has 6 nitrogen and oxygen atoms in total. The second kappa shape index (κ2) is 10.6. The number of nitrogens with zero attached hydrogens (tertiary/aromatic N) is 2. The van der Waals surface area contributed by atoms with Crippen molar-refractivity contribution in [2.75, 3.05) is 7.11 Å². The molecule has 2 heterocycles. The Morgan fingerprint density at radius 1 is 1.00 bits per heavy atom. The van der Waals surface area contributed by atoms with Crippen molar-refractivity contribution in [3.63, 3.8) is 0 Å². The largest absolute Gasteiger partial charge is 0.493 e. The molecule has 1 aliphatic rings. The van der Waals surface area contributed by atoms with Crippen LogP contribution in [0, 0.1) is 0 Å². The van der Waals surface area contributed by atoms with Gasteiger partial charge < -0.3 is 9.47 Å². The van der Waals surface area contributed by atoms with Crippen LogP contribution in [0.25, 0.3) is 16.8 Å². The number of amides is 2. The van der Waals surface area contributed by atoms with Gasteiger partial charge in [0.1, 0.15) is 6.61 Å². The lowest BCUT2D eigenvalue weighted by Gasteiger charge is -2.14. The van der Waals surface area contributed by atoms with E-state index in [1.807, 2.05) is 66.7 Å². The molecule has 0 bridgehead atoms. The minimum Gasteiger partial charge on any atom is -0.493 e. The molecule has 180 valence electrons. The van der Waals surface area contributed by atoms with Gasteiger partial charge in [0.05, 0.1) is 28.7 Å². The zero-order valence-electron chi connectivity index (χ0n) is 19.3. The van der Waals surface area contributed by atoms with Crippen LogP contribution in [0.1, 0.15) is 16.8 Å². The molecule has 3 aromatic carbocycles. The smallest absolute Gasteiger partial charge is 0.293 e. The summed E-state index contributed by atoms with van der Waals surface area (Å²) < 4.78 is 12.1. The first-order valence-corrected chi connectivity index (χ1v) is 12.8. The quantitative estimate of drug-likeness (QED) is 0.231. The highest BCUT2D eigenvalue weighted by Crippen LogP contribution is 2.39. The summed E-state index contributed by atoms with van der Waals surface area (Å²) in [4.78, 5) is 31.7. The zero-order valence-corrected chi connectivity index (χ0v) is 21.7. The van der Waals surface area contributed by atoms with Crippen LogP contribution in [0.15, 0.2) is 88.4 Å². The predicted molar refractivity (Wildman–Crippen MR) is 145 cm³/mol. The normalized spacial score (nSPS) is 14.6. The summed E-state index contributed by atoms with van der Waals surface area (Å²) in [5, 5.41) is 1.89. The molecule has 0 radical (unpaired) electrons. The molecule has 1 aliphatic heterocycles. The van der Waals surface area contributed by atoms with Crippen LogP contribution >= 0.6 is 27.7 Å². The van der Waals surface area contributed by atoms with Crippen molar-refractivity contribution in [3.05, 3.63) is 105 Å². The monoisotopic (exact) mass is 560 g/mol. The van der Waals surface area contributed by atoms with E-state index in [-0.39, 0.29) is 24.3 Å². The van der Waals surface area contributed by atoms with Crippen molar-refractivity contribution in [3.8, 4) is 11.5 Å². The number of thioether (sulfide) groups is 1. The Balaban J connectivity index is 1.35. The third-order valence-electron chi connectivity index (χ3n) is 5.67. The highest BCUT2D eigenvalue weighted by Gasteiger charge is 2.35. The highest BCUT2D eigenvalue weighted by molar-refractivity contribution is 9.10. The van der Waals surface area contributed by atoms with Crippen molar-refractivity contribution in [1.82, 2.24) is 9.88 Å². The average molecular weight is 561 g/mol. The molecule has 1 fully saturated rings. The highest BCUT2D eigenvalue weighted by atomic mass is 79.9. The van der Waals surface area contributed by atoms with E-state index < -0.39 is 0 Å². The van der Waals surface area contributed by atoms with Gasteiger partial charge in [0, 0.05) is 6.20 Å². The van der Waals surface area contributed by atoms with Gasteiger partial charge in [0.2, 0.25) is 0 Å². The number of aromatic nitrogens is 1. The maximum absolute atomic E-state index is 13.1. The van der Waals surface area contributed by atoms with Gasteiger partial charge in [-0.05, 0) is 86.0 Å². The molecule has 0 atom stereocenters. The predicted octanol–water partition coefficient (Wildman–Crippen LogP) is 6.82. The summed E-state index contributed by atoms with van der Waals surface area (Å²) in [6.07, 6.45) is 3.40. The Bertz CT molecular complexity index is 1490. The van der Waals surface area contributed by atoms with E-state index in [4.69, 9.17) is 9.47 Å². The number of rotatable bonds is 7. The molecule has 0 aliphatic carbocycles. The molecule has 0 spiro atoms. The third-order valence-corrected chi connectivity index (χ3v) is 7.16. The number of ether oxygens (including phenoxy) is 2. The Kier molecular flexibility index (Phi) is 7.06. The van der Waals surface area contributed by atoms with Crippen LogP contribution in [0.4, 0.5) is 4.79 Å². The molecule has 0 unspecified atom stereocenters. The summed E-state index contributed by atoms with van der Waals surface area (Å²) >= 11 is 4.47. The van der Waals surface area contributed by atoms with Crippen LogP contribution in [0.5, 0.6) is 11.5 Å². The van der Waals surface area contributed by atoms with Crippen molar-refractivity contribution < 1.29 is 19.1 Å². The average Bonchev–Trinajstić information content (AvgIpc) is 3.15. The maximum atomic E-state index is 13.1. The maximum Gasteiger partial charge on any atom is 0.293 e. The van der Waals surface area contributed by atoms with E-state index in [0.717, 1.165) is 33.8 Å². The number of benzene rings is 3. The van der Waals surface area contributed by atoms with Crippen LogP contribution < -0.4 is 9.47 Å².